The van der Waals surface area contributed by atoms with E-state index in [9.17, 15) is 4.79 Å². The van der Waals surface area contributed by atoms with Gasteiger partial charge in [0.15, 0.2) is 0 Å². The molecule has 1 N–H and O–H groups in total. The molecule has 2 rings (SSSR count). The van der Waals surface area contributed by atoms with Gasteiger partial charge in [-0.1, -0.05) is 37.6 Å². The fraction of sp³-hybridized carbons (Fsp3) is 0.200. The average Bonchev–Trinajstić information content (AvgIpc) is 2.40. The lowest BCUT2D eigenvalue weighted by Gasteiger charge is -2.06. The highest BCUT2D eigenvalue weighted by atomic mass is 16.4. The van der Waals surface area contributed by atoms with Crippen molar-refractivity contribution in [2.24, 2.45) is 0 Å². The van der Waals surface area contributed by atoms with Crippen LogP contribution in [0.1, 0.15) is 29.3 Å². The van der Waals surface area contributed by atoms with Crippen LogP contribution in [-0.2, 0) is 6.42 Å². The number of pyridine rings is 1. The SMILES string of the molecule is CCCc1ccc(-c2ccncc2C(=O)O)cc1. The molecule has 0 saturated carbocycles. The summed E-state index contributed by atoms with van der Waals surface area (Å²) in [5.74, 6) is -0.948. The van der Waals surface area contributed by atoms with E-state index in [-0.39, 0.29) is 5.56 Å². The van der Waals surface area contributed by atoms with Crippen molar-refractivity contribution in [3.05, 3.63) is 53.9 Å². The van der Waals surface area contributed by atoms with Crippen LogP contribution in [0.15, 0.2) is 42.7 Å². The highest BCUT2D eigenvalue weighted by Gasteiger charge is 2.11. The molecule has 0 unspecified atom stereocenters. The first-order valence-corrected chi connectivity index (χ1v) is 5.99. The molecular weight excluding hydrogens is 226 g/mol. The number of carboxylic acid groups (broad SMARTS) is 1. The van der Waals surface area contributed by atoms with Crippen molar-refractivity contribution in [1.82, 2.24) is 4.98 Å². The molecule has 0 aliphatic carbocycles. The smallest absolute Gasteiger partial charge is 0.337 e. The summed E-state index contributed by atoms with van der Waals surface area (Å²) in [5, 5.41) is 9.13. The average molecular weight is 241 g/mol. The Balaban J connectivity index is 2.39. The lowest BCUT2D eigenvalue weighted by Crippen LogP contribution is -2.00. The second-order valence-corrected chi connectivity index (χ2v) is 4.17. The van der Waals surface area contributed by atoms with Gasteiger partial charge in [-0.25, -0.2) is 4.79 Å². The molecule has 0 spiro atoms. The zero-order valence-corrected chi connectivity index (χ0v) is 10.3. The maximum Gasteiger partial charge on any atom is 0.337 e. The van der Waals surface area contributed by atoms with E-state index < -0.39 is 5.97 Å². The van der Waals surface area contributed by atoms with Gasteiger partial charge >= 0.3 is 5.97 Å². The third-order valence-electron chi connectivity index (χ3n) is 2.86. The zero-order chi connectivity index (χ0) is 13.0. The second kappa shape index (κ2) is 5.45. The molecule has 0 bridgehead atoms. The number of aromatic nitrogens is 1. The van der Waals surface area contributed by atoms with Gasteiger partial charge in [-0.2, -0.15) is 0 Å². The number of aromatic carboxylic acids is 1. The number of nitrogens with zero attached hydrogens (tertiary/aromatic N) is 1. The number of aryl methyl sites for hydroxylation is 1. The van der Waals surface area contributed by atoms with Gasteiger partial charge in [-0.05, 0) is 29.2 Å². The minimum atomic E-state index is -0.948. The molecule has 3 nitrogen and oxygen atoms in total. The molecule has 0 atom stereocenters. The van der Waals surface area contributed by atoms with Gasteiger partial charge in [0.25, 0.3) is 0 Å². The Hall–Kier alpha value is -2.16. The van der Waals surface area contributed by atoms with Crippen LogP contribution in [0.2, 0.25) is 0 Å². The van der Waals surface area contributed by atoms with Crippen molar-refractivity contribution >= 4 is 5.97 Å². The molecule has 0 saturated heterocycles. The van der Waals surface area contributed by atoms with Crippen LogP contribution >= 0.6 is 0 Å². The molecule has 92 valence electrons. The van der Waals surface area contributed by atoms with E-state index in [4.69, 9.17) is 5.11 Å². The minimum Gasteiger partial charge on any atom is -0.478 e. The van der Waals surface area contributed by atoms with Gasteiger partial charge in [0.2, 0.25) is 0 Å². The standard InChI is InChI=1S/C15H15NO2/c1-2-3-11-4-6-12(7-5-11)13-8-9-16-10-14(13)15(17)18/h4-10H,2-3H2,1H3,(H,17,18). The van der Waals surface area contributed by atoms with Crippen molar-refractivity contribution < 1.29 is 9.90 Å². The summed E-state index contributed by atoms with van der Waals surface area (Å²) in [6, 6.07) is 9.76. The highest BCUT2D eigenvalue weighted by molar-refractivity contribution is 5.95. The van der Waals surface area contributed by atoms with E-state index in [2.05, 4.69) is 11.9 Å². The van der Waals surface area contributed by atoms with Gasteiger partial charge in [0.1, 0.15) is 0 Å². The Kier molecular flexibility index (Phi) is 3.72. The molecule has 0 aliphatic rings. The van der Waals surface area contributed by atoms with Gasteiger partial charge in [0, 0.05) is 12.4 Å². The molecule has 1 heterocycles. The molecule has 0 radical (unpaired) electrons. The van der Waals surface area contributed by atoms with Crippen molar-refractivity contribution in [3.63, 3.8) is 0 Å². The first-order valence-electron chi connectivity index (χ1n) is 5.99. The quantitative estimate of drug-likeness (QED) is 0.892. The number of hydrogen-bond donors (Lipinski definition) is 1. The van der Waals surface area contributed by atoms with E-state index in [0.717, 1.165) is 18.4 Å². The maximum absolute atomic E-state index is 11.1. The van der Waals surface area contributed by atoms with Crippen molar-refractivity contribution in [2.45, 2.75) is 19.8 Å². The van der Waals surface area contributed by atoms with Gasteiger partial charge in [-0.3, -0.25) is 4.98 Å². The number of benzene rings is 1. The molecular formula is C15H15NO2. The minimum absolute atomic E-state index is 0.237. The van der Waals surface area contributed by atoms with Gasteiger partial charge in [0.05, 0.1) is 5.56 Å². The van der Waals surface area contributed by atoms with Crippen LogP contribution in [0.25, 0.3) is 11.1 Å². The molecule has 18 heavy (non-hydrogen) atoms. The molecule has 2 aromatic rings. The Bertz CT molecular complexity index is 547. The third kappa shape index (κ3) is 2.56. The Labute approximate surface area is 106 Å². The van der Waals surface area contributed by atoms with Crippen molar-refractivity contribution in [3.8, 4) is 11.1 Å². The fourth-order valence-electron chi connectivity index (χ4n) is 1.96. The summed E-state index contributed by atoms with van der Waals surface area (Å²) >= 11 is 0. The number of hydrogen-bond acceptors (Lipinski definition) is 2. The second-order valence-electron chi connectivity index (χ2n) is 4.17. The number of rotatable bonds is 4. The molecule has 0 fully saturated rings. The zero-order valence-electron chi connectivity index (χ0n) is 10.3. The molecule has 0 amide bonds. The summed E-state index contributed by atoms with van der Waals surface area (Å²) < 4.78 is 0. The lowest BCUT2D eigenvalue weighted by atomic mass is 9.99. The van der Waals surface area contributed by atoms with Crippen LogP contribution in [0.4, 0.5) is 0 Å². The van der Waals surface area contributed by atoms with Crippen molar-refractivity contribution in [2.75, 3.05) is 0 Å². The first kappa shape index (κ1) is 12.3. The summed E-state index contributed by atoms with van der Waals surface area (Å²) in [4.78, 5) is 15.0. The van der Waals surface area contributed by atoms with Crippen LogP contribution in [0, 0.1) is 0 Å². The molecule has 1 aromatic carbocycles. The Morgan fingerprint density at radius 1 is 1.22 bits per heavy atom. The van der Waals surface area contributed by atoms with E-state index in [1.165, 1.54) is 11.8 Å². The van der Waals surface area contributed by atoms with E-state index in [0.29, 0.717) is 5.56 Å². The lowest BCUT2D eigenvalue weighted by molar-refractivity contribution is 0.0697. The summed E-state index contributed by atoms with van der Waals surface area (Å²) in [5.41, 5.74) is 3.13. The summed E-state index contributed by atoms with van der Waals surface area (Å²) in [7, 11) is 0. The number of carbonyl (C=O) groups is 1. The number of carboxylic acids is 1. The van der Waals surface area contributed by atoms with E-state index in [1.807, 2.05) is 24.3 Å². The monoisotopic (exact) mass is 241 g/mol. The molecule has 0 aliphatic heterocycles. The predicted octanol–water partition coefficient (Wildman–Crippen LogP) is 3.40. The first-order chi connectivity index (χ1) is 8.72. The largest absolute Gasteiger partial charge is 0.478 e. The van der Waals surface area contributed by atoms with Crippen LogP contribution in [-0.4, -0.2) is 16.1 Å². The van der Waals surface area contributed by atoms with Crippen LogP contribution in [0.5, 0.6) is 0 Å². The summed E-state index contributed by atoms with van der Waals surface area (Å²) in [6.07, 6.45) is 5.15. The predicted molar refractivity (Wildman–Crippen MR) is 70.6 cm³/mol. The Morgan fingerprint density at radius 3 is 2.56 bits per heavy atom. The topological polar surface area (TPSA) is 50.2 Å². The molecule has 1 aromatic heterocycles. The summed E-state index contributed by atoms with van der Waals surface area (Å²) in [6.45, 7) is 2.14. The molecule has 3 heteroatoms. The highest BCUT2D eigenvalue weighted by Crippen LogP contribution is 2.23. The third-order valence-corrected chi connectivity index (χ3v) is 2.86. The van der Waals surface area contributed by atoms with Crippen LogP contribution in [0.3, 0.4) is 0 Å². The van der Waals surface area contributed by atoms with Crippen LogP contribution < -0.4 is 0 Å². The maximum atomic E-state index is 11.1. The van der Waals surface area contributed by atoms with Crippen molar-refractivity contribution in [1.29, 1.82) is 0 Å². The van der Waals surface area contributed by atoms with Gasteiger partial charge < -0.3 is 5.11 Å². The van der Waals surface area contributed by atoms with Gasteiger partial charge in [-0.15, -0.1) is 0 Å². The normalized spacial score (nSPS) is 10.3. The van der Waals surface area contributed by atoms with E-state index in [1.54, 1.807) is 12.3 Å². The fourth-order valence-corrected chi connectivity index (χ4v) is 1.96. The van der Waals surface area contributed by atoms with E-state index >= 15 is 0 Å². The Morgan fingerprint density at radius 2 is 1.94 bits per heavy atom.